The molecule has 3 nitrogen and oxygen atoms in total. The Bertz CT molecular complexity index is 745. The number of ether oxygens (including phenoxy) is 1. The summed E-state index contributed by atoms with van der Waals surface area (Å²) in [5, 5.41) is 3.32. The maximum absolute atomic E-state index is 13.3. The molecule has 0 radical (unpaired) electrons. The van der Waals surface area contributed by atoms with Crippen LogP contribution in [0.15, 0.2) is 60.7 Å². The molecule has 148 valence electrons. The van der Waals surface area contributed by atoms with Gasteiger partial charge in [0, 0.05) is 19.8 Å². The summed E-state index contributed by atoms with van der Waals surface area (Å²) in [6.07, 6.45) is 6.38. The van der Waals surface area contributed by atoms with Crippen molar-refractivity contribution in [2.75, 3.05) is 19.8 Å². The number of hydrogen-bond acceptors (Lipinski definition) is 2. The van der Waals surface area contributed by atoms with Crippen molar-refractivity contribution in [3.05, 3.63) is 71.8 Å². The molecule has 1 saturated carbocycles. The highest BCUT2D eigenvalue weighted by Crippen LogP contribution is 2.37. The Balaban J connectivity index is 1.34. The van der Waals surface area contributed by atoms with Crippen LogP contribution in [0.4, 0.5) is 0 Å². The van der Waals surface area contributed by atoms with E-state index in [0.29, 0.717) is 25.0 Å². The van der Waals surface area contributed by atoms with E-state index in [-0.39, 0.29) is 5.91 Å². The van der Waals surface area contributed by atoms with E-state index < -0.39 is 5.41 Å². The molecule has 1 amide bonds. The third kappa shape index (κ3) is 4.15. The molecule has 1 heterocycles. The first-order valence-corrected chi connectivity index (χ1v) is 10.7. The number of carbonyl (C=O) groups is 1. The number of benzene rings is 2. The van der Waals surface area contributed by atoms with Gasteiger partial charge in [0.1, 0.15) is 0 Å². The first kappa shape index (κ1) is 19.2. The molecule has 2 aliphatic rings. The minimum Gasteiger partial charge on any atom is -0.381 e. The molecule has 2 aromatic carbocycles. The highest BCUT2D eigenvalue weighted by Gasteiger charge is 2.41. The summed E-state index contributed by atoms with van der Waals surface area (Å²) in [4.78, 5) is 13.3. The van der Waals surface area contributed by atoms with E-state index in [0.717, 1.165) is 24.9 Å². The van der Waals surface area contributed by atoms with Gasteiger partial charge in [0.15, 0.2) is 0 Å². The van der Waals surface area contributed by atoms with E-state index in [2.05, 4.69) is 47.8 Å². The Morgan fingerprint density at radius 3 is 2.14 bits per heavy atom. The molecule has 3 heteroatoms. The minimum atomic E-state index is -0.430. The van der Waals surface area contributed by atoms with Crippen LogP contribution in [0.3, 0.4) is 0 Å². The topological polar surface area (TPSA) is 38.3 Å². The fourth-order valence-corrected chi connectivity index (χ4v) is 4.96. The molecule has 0 aromatic heterocycles. The predicted octanol–water partition coefficient (Wildman–Crippen LogP) is 4.83. The van der Waals surface area contributed by atoms with Crippen LogP contribution in [-0.2, 0) is 14.9 Å². The van der Waals surface area contributed by atoms with Gasteiger partial charge in [-0.1, -0.05) is 60.7 Å². The standard InChI is InChI=1S/C25H31NO2/c27-24(25(15-17-28-18-16-25)23-9-5-2-6-10-23)26-19-20-11-13-22(14-12-20)21-7-3-1-4-8-21/h1-10,20,22H,11-19H2,(H,26,27). The fourth-order valence-electron chi connectivity index (χ4n) is 4.96. The maximum atomic E-state index is 13.3. The Kier molecular flexibility index (Phi) is 6.11. The summed E-state index contributed by atoms with van der Waals surface area (Å²) in [7, 11) is 0. The van der Waals surface area contributed by atoms with Gasteiger partial charge in [-0.2, -0.15) is 0 Å². The van der Waals surface area contributed by atoms with Crippen molar-refractivity contribution in [1.29, 1.82) is 0 Å². The van der Waals surface area contributed by atoms with Crippen LogP contribution in [0.2, 0.25) is 0 Å². The molecule has 1 N–H and O–H groups in total. The second-order valence-corrected chi connectivity index (χ2v) is 8.40. The zero-order chi connectivity index (χ0) is 19.2. The van der Waals surface area contributed by atoms with E-state index in [1.807, 2.05) is 18.2 Å². The van der Waals surface area contributed by atoms with Crippen LogP contribution >= 0.6 is 0 Å². The summed E-state index contributed by atoms with van der Waals surface area (Å²) >= 11 is 0. The lowest BCUT2D eigenvalue weighted by Gasteiger charge is -2.37. The van der Waals surface area contributed by atoms with Gasteiger partial charge in [0.25, 0.3) is 0 Å². The number of amides is 1. The molecule has 4 rings (SSSR count). The van der Waals surface area contributed by atoms with Gasteiger partial charge in [0.05, 0.1) is 5.41 Å². The van der Waals surface area contributed by atoms with Crippen molar-refractivity contribution in [2.45, 2.75) is 49.9 Å². The molecule has 0 bridgehead atoms. The van der Waals surface area contributed by atoms with Gasteiger partial charge in [-0.05, 0) is 61.5 Å². The lowest BCUT2D eigenvalue weighted by atomic mass is 9.73. The van der Waals surface area contributed by atoms with Crippen molar-refractivity contribution in [1.82, 2.24) is 5.32 Å². The van der Waals surface area contributed by atoms with Gasteiger partial charge in [0.2, 0.25) is 5.91 Å². The molecule has 1 saturated heterocycles. The third-order valence-electron chi connectivity index (χ3n) is 6.78. The van der Waals surface area contributed by atoms with Crippen molar-refractivity contribution in [2.24, 2.45) is 5.92 Å². The van der Waals surface area contributed by atoms with Gasteiger partial charge in [-0.15, -0.1) is 0 Å². The molecule has 0 atom stereocenters. The van der Waals surface area contributed by atoms with E-state index in [4.69, 9.17) is 4.74 Å². The van der Waals surface area contributed by atoms with Crippen molar-refractivity contribution < 1.29 is 9.53 Å². The monoisotopic (exact) mass is 377 g/mol. The van der Waals surface area contributed by atoms with Crippen LogP contribution in [0.5, 0.6) is 0 Å². The SMILES string of the molecule is O=C(NCC1CCC(c2ccccc2)CC1)C1(c2ccccc2)CCOCC1. The number of carbonyl (C=O) groups excluding carboxylic acids is 1. The Labute approximate surface area is 168 Å². The Hall–Kier alpha value is -2.13. The van der Waals surface area contributed by atoms with Crippen molar-refractivity contribution >= 4 is 5.91 Å². The molecular weight excluding hydrogens is 346 g/mol. The highest BCUT2D eigenvalue weighted by molar-refractivity contribution is 5.88. The molecule has 2 aromatic rings. The Morgan fingerprint density at radius 2 is 1.50 bits per heavy atom. The average molecular weight is 378 g/mol. The quantitative estimate of drug-likeness (QED) is 0.811. The van der Waals surface area contributed by atoms with Crippen LogP contribution in [0.1, 0.15) is 55.6 Å². The summed E-state index contributed by atoms with van der Waals surface area (Å²) < 4.78 is 5.56. The molecule has 1 aliphatic carbocycles. The van der Waals surface area contributed by atoms with Gasteiger partial charge >= 0.3 is 0 Å². The van der Waals surface area contributed by atoms with Crippen molar-refractivity contribution in [3.63, 3.8) is 0 Å². The third-order valence-corrected chi connectivity index (χ3v) is 6.78. The second-order valence-electron chi connectivity index (χ2n) is 8.40. The normalized spacial score (nSPS) is 24.4. The fraction of sp³-hybridized carbons (Fsp3) is 0.480. The average Bonchev–Trinajstić information content (AvgIpc) is 2.79. The first-order chi connectivity index (χ1) is 13.8. The number of hydrogen-bond donors (Lipinski definition) is 1. The second kappa shape index (κ2) is 8.91. The van der Waals surface area contributed by atoms with Crippen LogP contribution in [0, 0.1) is 5.92 Å². The highest BCUT2D eigenvalue weighted by atomic mass is 16.5. The lowest BCUT2D eigenvalue weighted by molar-refractivity contribution is -0.130. The molecule has 1 aliphatic heterocycles. The van der Waals surface area contributed by atoms with E-state index in [9.17, 15) is 4.79 Å². The van der Waals surface area contributed by atoms with Gasteiger partial charge in [-0.3, -0.25) is 4.79 Å². The summed E-state index contributed by atoms with van der Waals surface area (Å²) in [6.45, 7) is 2.12. The summed E-state index contributed by atoms with van der Waals surface area (Å²) in [6, 6.07) is 21.1. The first-order valence-electron chi connectivity index (χ1n) is 10.7. The molecule has 0 spiro atoms. The van der Waals surface area contributed by atoms with E-state index in [1.165, 1.54) is 31.2 Å². The predicted molar refractivity (Wildman–Crippen MR) is 112 cm³/mol. The zero-order valence-corrected chi connectivity index (χ0v) is 16.6. The smallest absolute Gasteiger partial charge is 0.230 e. The van der Waals surface area contributed by atoms with E-state index >= 15 is 0 Å². The zero-order valence-electron chi connectivity index (χ0n) is 16.6. The largest absolute Gasteiger partial charge is 0.381 e. The van der Waals surface area contributed by atoms with Crippen LogP contribution in [-0.4, -0.2) is 25.7 Å². The molecule has 2 fully saturated rings. The Morgan fingerprint density at radius 1 is 0.893 bits per heavy atom. The maximum Gasteiger partial charge on any atom is 0.230 e. The summed E-state index contributed by atoms with van der Waals surface area (Å²) in [5.41, 5.74) is 2.17. The van der Waals surface area contributed by atoms with Gasteiger partial charge in [-0.25, -0.2) is 0 Å². The van der Waals surface area contributed by atoms with Gasteiger partial charge < -0.3 is 10.1 Å². The van der Waals surface area contributed by atoms with Crippen LogP contribution < -0.4 is 5.32 Å². The molecule has 0 unspecified atom stereocenters. The summed E-state index contributed by atoms with van der Waals surface area (Å²) in [5.74, 6) is 1.46. The van der Waals surface area contributed by atoms with E-state index in [1.54, 1.807) is 0 Å². The molecular formula is C25H31NO2. The minimum absolute atomic E-state index is 0.187. The number of rotatable bonds is 5. The van der Waals surface area contributed by atoms with Crippen molar-refractivity contribution in [3.8, 4) is 0 Å². The lowest BCUT2D eigenvalue weighted by Crippen LogP contribution is -2.49. The molecule has 28 heavy (non-hydrogen) atoms. The number of nitrogens with one attached hydrogen (secondary N) is 1. The van der Waals surface area contributed by atoms with Crippen LogP contribution in [0.25, 0.3) is 0 Å².